The first-order valence-corrected chi connectivity index (χ1v) is 10.7. The summed E-state index contributed by atoms with van der Waals surface area (Å²) in [5.41, 5.74) is 0.614. The van der Waals surface area contributed by atoms with Crippen molar-refractivity contribution < 1.29 is 27.9 Å². The molecule has 0 N–H and O–H groups in total. The van der Waals surface area contributed by atoms with Gasteiger partial charge < -0.3 is 14.1 Å². The maximum absolute atomic E-state index is 13.4. The number of rotatable bonds is 8. The number of furan rings is 1. The van der Waals surface area contributed by atoms with Gasteiger partial charge >= 0.3 is 0 Å². The van der Waals surface area contributed by atoms with Crippen LogP contribution in [0.15, 0.2) is 71.3 Å². The second kappa shape index (κ2) is 9.68. The van der Waals surface area contributed by atoms with Crippen LogP contribution in [0, 0.1) is 5.82 Å². The first-order chi connectivity index (χ1) is 16.0. The number of hydrogen-bond donors (Lipinski definition) is 0. The maximum Gasteiger partial charge on any atom is 0.257 e. The average molecular weight is 450 g/mol. The standard InChI is InChI=1S/C25H23FN2O5/c1-2-13-32-20-11-9-19(10-12-20)28-23(29)15-22(25(28)31)27(16-21-4-3-14-33-21)24(30)17-5-7-18(26)8-6-17/h3-12,14,22H,2,13,15-16H2,1H3/t22-/m0/s1. The van der Waals surface area contributed by atoms with Crippen LogP contribution in [0.2, 0.25) is 0 Å². The van der Waals surface area contributed by atoms with Crippen molar-refractivity contribution >= 4 is 23.4 Å². The fraction of sp³-hybridized carbons (Fsp3) is 0.240. The largest absolute Gasteiger partial charge is 0.494 e. The summed E-state index contributed by atoms with van der Waals surface area (Å²) in [5.74, 6) is -0.798. The zero-order valence-electron chi connectivity index (χ0n) is 18.1. The molecule has 8 heteroatoms. The first-order valence-electron chi connectivity index (χ1n) is 10.7. The lowest BCUT2D eigenvalue weighted by Crippen LogP contribution is -2.45. The Kier molecular flexibility index (Phi) is 6.53. The molecule has 7 nitrogen and oxygen atoms in total. The Hall–Kier alpha value is -3.94. The highest BCUT2D eigenvalue weighted by atomic mass is 19.1. The summed E-state index contributed by atoms with van der Waals surface area (Å²) in [6.45, 7) is 2.55. The van der Waals surface area contributed by atoms with Crippen molar-refractivity contribution in [3.05, 3.63) is 84.1 Å². The van der Waals surface area contributed by atoms with E-state index in [1.165, 1.54) is 35.4 Å². The average Bonchev–Trinajstić information content (AvgIpc) is 3.44. The lowest BCUT2D eigenvalue weighted by Gasteiger charge is -2.27. The van der Waals surface area contributed by atoms with Crippen LogP contribution >= 0.6 is 0 Å². The summed E-state index contributed by atoms with van der Waals surface area (Å²) in [7, 11) is 0. The molecule has 0 bridgehead atoms. The van der Waals surface area contributed by atoms with E-state index < -0.39 is 29.6 Å². The van der Waals surface area contributed by atoms with Gasteiger partial charge in [0.1, 0.15) is 23.4 Å². The molecule has 33 heavy (non-hydrogen) atoms. The SMILES string of the molecule is CCCOc1ccc(N2C(=O)C[C@H](N(Cc3ccco3)C(=O)c3ccc(F)cc3)C2=O)cc1. The summed E-state index contributed by atoms with van der Waals surface area (Å²) in [5, 5.41) is 0. The maximum atomic E-state index is 13.4. The lowest BCUT2D eigenvalue weighted by molar-refractivity contribution is -0.122. The molecule has 1 fully saturated rings. The Morgan fingerprint density at radius 2 is 1.85 bits per heavy atom. The molecule has 0 aliphatic carbocycles. The monoisotopic (exact) mass is 450 g/mol. The van der Waals surface area contributed by atoms with Crippen LogP contribution in [0.25, 0.3) is 0 Å². The number of anilines is 1. The fourth-order valence-corrected chi connectivity index (χ4v) is 3.69. The van der Waals surface area contributed by atoms with E-state index in [1.54, 1.807) is 36.4 Å². The van der Waals surface area contributed by atoms with E-state index in [1.807, 2.05) is 6.92 Å². The highest BCUT2D eigenvalue weighted by Crippen LogP contribution is 2.29. The van der Waals surface area contributed by atoms with Gasteiger partial charge in [-0.1, -0.05) is 6.92 Å². The van der Waals surface area contributed by atoms with E-state index in [2.05, 4.69) is 0 Å². The molecule has 1 aromatic heterocycles. The van der Waals surface area contributed by atoms with Gasteiger partial charge in [-0.15, -0.1) is 0 Å². The number of benzene rings is 2. The van der Waals surface area contributed by atoms with Crippen LogP contribution in [-0.2, 0) is 16.1 Å². The van der Waals surface area contributed by atoms with E-state index in [-0.39, 0.29) is 18.5 Å². The molecule has 1 aliphatic heterocycles. The second-order valence-corrected chi connectivity index (χ2v) is 7.65. The minimum absolute atomic E-state index is 0.00939. The molecule has 4 rings (SSSR count). The third-order valence-corrected chi connectivity index (χ3v) is 5.33. The van der Waals surface area contributed by atoms with Gasteiger partial charge in [-0.3, -0.25) is 14.4 Å². The number of amides is 3. The predicted octanol–water partition coefficient (Wildman–Crippen LogP) is 4.18. The Bertz CT molecular complexity index is 1130. The van der Waals surface area contributed by atoms with Crippen LogP contribution in [0.4, 0.5) is 10.1 Å². The van der Waals surface area contributed by atoms with Gasteiger partial charge in [-0.25, -0.2) is 9.29 Å². The van der Waals surface area contributed by atoms with Crippen molar-refractivity contribution in [2.75, 3.05) is 11.5 Å². The van der Waals surface area contributed by atoms with Gasteiger partial charge in [0.15, 0.2) is 0 Å². The van der Waals surface area contributed by atoms with Gasteiger partial charge in [0.05, 0.1) is 31.5 Å². The van der Waals surface area contributed by atoms with Crippen LogP contribution in [-0.4, -0.2) is 35.3 Å². The van der Waals surface area contributed by atoms with Crippen molar-refractivity contribution in [2.45, 2.75) is 32.4 Å². The van der Waals surface area contributed by atoms with Crippen molar-refractivity contribution in [2.24, 2.45) is 0 Å². The predicted molar refractivity (Wildman–Crippen MR) is 118 cm³/mol. The van der Waals surface area contributed by atoms with Gasteiger partial charge in [-0.05, 0) is 67.1 Å². The van der Waals surface area contributed by atoms with E-state index >= 15 is 0 Å². The third kappa shape index (κ3) is 4.79. The van der Waals surface area contributed by atoms with Gasteiger partial charge in [0, 0.05) is 5.56 Å². The third-order valence-electron chi connectivity index (χ3n) is 5.33. The summed E-state index contributed by atoms with van der Waals surface area (Å²) in [6.07, 6.45) is 2.16. The zero-order valence-corrected chi connectivity index (χ0v) is 18.1. The molecule has 3 amide bonds. The first kappa shape index (κ1) is 22.3. The van der Waals surface area contributed by atoms with Crippen molar-refractivity contribution in [3.8, 4) is 5.75 Å². The molecule has 0 radical (unpaired) electrons. The summed E-state index contributed by atoms with van der Waals surface area (Å²) in [6, 6.07) is 14.1. The number of halogens is 1. The summed E-state index contributed by atoms with van der Waals surface area (Å²) < 4.78 is 24.3. The molecule has 0 unspecified atom stereocenters. The summed E-state index contributed by atoms with van der Waals surface area (Å²) in [4.78, 5) is 41.8. The second-order valence-electron chi connectivity index (χ2n) is 7.65. The normalized spacial score (nSPS) is 15.7. The Balaban J connectivity index is 1.60. The molecule has 170 valence electrons. The molecule has 2 heterocycles. The van der Waals surface area contributed by atoms with Gasteiger partial charge in [-0.2, -0.15) is 0 Å². The lowest BCUT2D eigenvalue weighted by atomic mass is 10.1. The van der Waals surface area contributed by atoms with Crippen LogP contribution in [0.1, 0.15) is 35.9 Å². The van der Waals surface area contributed by atoms with E-state index in [0.29, 0.717) is 23.8 Å². The van der Waals surface area contributed by atoms with E-state index in [4.69, 9.17) is 9.15 Å². The molecule has 1 atom stereocenters. The van der Waals surface area contributed by atoms with E-state index in [0.717, 1.165) is 11.3 Å². The minimum Gasteiger partial charge on any atom is -0.494 e. The van der Waals surface area contributed by atoms with Crippen molar-refractivity contribution in [1.82, 2.24) is 4.90 Å². The number of carbonyl (C=O) groups excluding carboxylic acids is 3. The molecule has 1 aliphatic rings. The number of imide groups is 1. The number of ether oxygens (including phenoxy) is 1. The Morgan fingerprint density at radius 1 is 1.12 bits per heavy atom. The quantitative estimate of drug-likeness (QED) is 0.481. The highest BCUT2D eigenvalue weighted by Gasteiger charge is 2.44. The molecular weight excluding hydrogens is 427 g/mol. The van der Waals surface area contributed by atoms with Crippen LogP contribution in [0.5, 0.6) is 5.75 Å². The molecular formula is C25H23FN2O5. The fourth-order valence-electron chi connectivity index (χ4n) is 3.69. The van der Waals surface area contributed by atoms with Gasteiger partial charge in [0.25, 0.3) is 11.8 Å². The summed E-state index contributed by atoms with van der Waals surface area (Å²) >= 11 is 0. The smallest absolute Gasteiger partial charge is 0.257 e. The number of hydrogen-bond acceptors (Lipinski definition) is 5. The van der Waals surface area contributed by atoms with Gasteiger partial charge in [0.2, 0.25) is 5.91 Å². The minimum atomic E-state index is -1.02. The highest BCUT2D eigenvalue weighted by molar-refractivity contribution is 6.23. The van der Waals surface area contributed by atoms with Crippen LogP contribution < -0.4 is 9.64 Å². The molecule has 0 saturated carbocycles. The molecule has 2 aromatic carbocycles. The zero-order chi connectivity index (χ0) is 23.4. The van der Waals surface area contributed by atoms with E-state index in [9.17, 15) is 18.8 Å². The molecule has 1 saturated heterocycles. The van der Waals surface area contributed by atoms with Crippen LogP contribution in [0.3, 0.4) is 0 Å². The van der Waals surface area contributed by atoms with Crippen molar-refractivity contribution in [3.63, 3.8) is 0 Å². The number of carbonyl (C=O) groups is 3. The topological polar surface area (TPSA) is 80.1 Å². The molecule has 3 aromatic rings. The number of nitrogens with zero attached hydrogens (tertiary/aromatic N) is 2. The Labute approximate surface area is 190 Å². The van der Waals surface area contributed by atoms with Crippen molar-refractivity contribution in [1.29, 1.82) is 0 Å². The molecule has 0 spiro atoms. The Morgan fingerprint density at radius 3 is 2.48 bits per heavy atom.